The van der Waals surface area contributed by atoms with Gasteiger partial charge in [-0.25, -0.2) is 0 Å². The average Bonchev–Trinajstić information content (AvgIpc) is 2.74. The fourth-order valence-electron chi connectivity index (χ4n) is 1.63. The maximum atomic E-state index is 5.72. The standard InChI is InChI=1S/C10H10BrN3OS/c11-7-2-1-6(16-7)8-13-9(15-14-8)10(5-12)3-4-10/h1-2H,3-5,12H2. The van der Waals surface area contributed by atoms with Gasteiger partial charge in [0, 0.05) is 6.54 Å². The molecule has 1 aliphatic rings. The summed E-state index contributed by atoms with van der Waals surface area (Å²) in [6.45, 7) is 0.586. The van der Waals surface area contributed by atoms with Crippen molar-refractivity contribution in [2.45, 2.75) is 18.3 Å². The van der Waals surface area contributed by atoms with E-state index >= 15 is 0 Å². The Hall–Kier alpha value is -0.720. The van der Waals surface area contributed by atoms with Crippen LogP contribution in [0, 0.1) is 0 Å². The van der Waals surface area contributed by atoms with Crippen LogP contribution in [0.2, 0.25) is 0 Å². The summed E-state index contributed by atoms with van der Waals surface area (Å²) in [4.78, 5) is 5.44. The summed E-state index contributed by atoms with van der Waals surface area (Å²) in [7, 11) is 0. The predicted octanol–water partition coefficient (Wildman–Crippen LogP) is 2.55. The summed E-state index contributed by atoms with van der Waals surface area (Å²) in [6.07, 6.45) is 2.11. The Kier molecular flexibility index (Phi) is 2.38. The molecule has 0 unspecified atom stereocenters. The Bertz CT molecular complexity index is 518. The van der Waals surface area contributed by atoms with Crippen LogP contribution in [0.15, 0.2) is 20.4 Å². The molecule has 0 bridgehead atoms. The third kappa shape index (κ3) is 1.61. The third-order valence-electron chi connectivity index (χ3n) is 2.92. The van der Waals surface area contributed by atoms with E-state index in [0.717, 1.165) is 21.5 Å². The van der Waals surface area contributed by atoms with Crippen LogP contribution in [0.3, 0.4) is 0 Å². The van der Waals surface area contributed by atoms with E-state index in [9.17, 15) is 0 Å². The first-order valence-corrected chi connectivity index (χ1v) is 6.64. The molecule has 1 fully saturated rings. The molecule has 2 aromatic heterocycles. The quantitative estimate of drug-likeness (QED) is 0.946. The molecule has 0 radical (unpaired) electrons. The van der Waals surface area contributed by atoms with Crippen molar-refractivity contribution in [3.05, 3.63) is 21.8 Å². The third-order valence-corrected chi connectivity index (χ3v) is 4.54. The zero-order valence-electron chi connectivity index (χ0n) is 8.44. The van der Waals surface area contributed by atoms with E-state index in [1.807, 2.05) is 12.1 Å². The highest BCUT2D eigenvalue weighted by molar-refractivity contribution is 9.11. The van der Waals surface area contributed by atoms with E-state index in [1.54, 1.807) is 11.3 Å². The van der Waals surface area contributed by atoms with Crippen molar-refractivity contribution < 1.29 is 4.52 Å². The molecule has 2 heterocycles. The van der Waals surface area contributed by atoms with E-state index in [-0.39, 0.29) is 5.41 Å². The van der Waals surface area contributed by atoms with Crippen LogP contribution in [0.1, 0.15) is 18.7 Å². The van der Waals surface area contributed by atoms with Gasteiger partial charge in [-0.05, 0) is 40.9 Å². The number of hydrogen-bond acceptors (Lipinski definition) is 5. The number of nitrogens with zero attached hydrogens (tertiary/aromatic N) is 2. The zero-order chi connectivity index (χ0) is 11.2. The molecular weight excluding hydrogens is 290 g/mol. The molecule has 0 amide bonds. The van der Waals surface area contributed by atoms with Crippen LogP contribution in [0.5, 0.6) is 0 Å². The van der Waals surface area contributed by atoms with Crippen LogP contribution in [-0.4, -0.2) is 16.7 Å². The Morgan fingerprint density at radius 3 is 2.88 bits per heavy atom. The van der Waals surface area contributed by atoms with E-state index in [0.29, 0.717) is 18.3 Å². The summed E-state index contributed by atoms with van der Waals surface area (Å²) in [5.41, 5.74) is 5.69. The average molecular weight is 300 g/mol. The molecule has 4 nitrogen and oxygen atoms in total. The molecule has 3 rings (SSSR count). The van der Waals surface area contributed by atoms with E-state index in [1.165, 1.54) is 0 Å². The second-order valence-corrected chi connectivity index (χ2v) is 6.47. The predicted molar refractivity (Wildman–Crippen MR) is 65.3 cm³/mol. The summed E-state index contributed by atoms with van der Waals surface area (Å²) in [5.74, 6) is 1.35. The molecule has 0 aromatic carbocycles. The Labute approximate surface area is 105 Å². The fourth-order valence-corrected chi connectivity index (χ4v) is 2.94. The van der Waals surface area contributed by atoms with Gasteiger partial charge in [0.15, 0.2) is 0 Å². The van der Waals surface area contributed by atoms with E-state index in [2.05, 4.69) is 26.1 Å². The molecule has 84 valence electrons. The normalized spacial score (nSPS) is 17.6. The lowest BCUT2D eigenvalue weighted by molar-refractivity contribution is 0.347. The molecule has 2 aromatic rings. The van der Waals surface area contributed by atoms with Crippen molar-refractivity contribution in [2.75, 3.05) is 6.54 Å². The van der Waals surface area contributed by atoms with Crippen LogP contribution in [0.4, 0.5) is 0 Å². The largest absolute Gasteiger partial charge is 0.338 e. The lowest BCUT2D eigenvalue weighted by Gasteiger charge is -2.03. The number of nitrogens with two attached hydrogens (primary N) is 1. The summed E-state index contributed by atoms with van der Waals surface area (Å²) < 4.78 is 6.36. The number of hydrogen-bond donors (Lipinski definition) is 1. The van der Waals surface area contributed by atoms with Gasteiger partial charge >= 0.3 is 0 Å². The first kappa shape index (κ1) is 10.4. The number of rotatable bonds is 3. The topological polar surface area (TPSA) is 64.9 Å². The molecule has 0 saturated heterocycles. The molecule has 1 saturated carbocycles. The van der Waals surface area contributed by atoms with Gasteiger partial charge in [-0.15, -0.1) is 11.3 Å². The highest BCUT2D eigenvalue weighted by Crippen LogP contribution is 2.46. The Morgan fingerprint density at radius 2 is 2.31 bits per heavy atom. The molecule has 6 heteroatoms. The van der Waals surface area contributed by atoms with E-state index < -0.39 is 0 Å². The Morgan fingerprint density at radius 1 is 1.50 bits per heavy atom. The molecule has 0 aliphatic heterocycles. The highest BCUT2D eigenvalue weighted by Gasteiger charge is 2.48. The van der Waals surface area contributed by atoms with Crippen LogP contribution < -0.4 is 5.73 Å². The van der Waals surface area contributed by atoms with Crippen molar-refractivity contribution >= 4 is 27.3 Å². The maximum absolute atomic E-state index is 5.72. The van der Waals surface area contributed by atoms with Gasteiger partial charge in [-0.3, -0.25) is 0 Å². The van der Waals surface area contributed by atoms with Crippen molar-refractivity contribution in [3.8, 4) is 10.7 Å². The minimum Gasteiger partial charge on any atom is -0.338 e. The van der Waals surface area contributed by atoms with Gasteiger partial charge in [0.05, 0.1) is 14.1 Å². The minimum absolute atomic E-state index is 0.0280. The molecule has 0 spiro atoms. The maximum Gasteiger partial charge on any atom is 0.234 e. The number of aromatic nitrogens is 2. The molecule has 1 aliphatic carbocycles. The lowest BCUT2D eigenvalue weighted by atomic mass is 10.1. The molecule has 2 N–H and O–H groups in total. The van der Waals surface area contributed by atoms with Gasteiger partial charge in [0.1, 0.15) is 0 Å². The van der Waals surface area contributed by atoms with Gasteiger partial charge < -0.3 is 10.3 Å². The molecule has 0 atom stereocenters. The second kappa shape index (κ2) is 3.65. The fraction of sp³-hybridized carbons (Fsp3) is 0.400. The van der Waals surface area contributed by atoms with E-state index in [4.69, 9.17) is 10.3 Å². The first-order valence-electron chi connectivity index (χ1n) is 5.03. The van der Waals surface area contributed by atoms with Gasteiger partial charge in [-0.1, -0.05) is 5.16 Å². The summed E-state index contributed by atoms with van der Waals surface area (Å²) in [5, 5.41) is 4.00. The smallest absolute Gasteiger partial charge is 0.234 e. The number of halogens is 1. The van der Waals surface area contributed by atoms with Crippen molar-refractivity contribution in [3.63, 3.8) is 0 Å². The van der Waals surface area contributed by atoms with Gasteiger partial charge in [0.2, 0.25) is 11.7 Å². The van der Waals surface area contributed by atoms with Gasteiger partial charge in [-0.2, -0.15) is 4.98 Å². The van der Waals surface area contributed by atoms with Crippen LogP contribution in [-0.2, 0) is 5.41 Å². The molecule has 16 heavy (non-hydrogen) atoms. The Balaban J connectivity index is 1.94. The summed E-state index contributed by atoms with van der Waals surface area (Å²) in [6, 6.07) is 3.96. The lowest BCUT2D eigenvalue weighted by Crippen LogP contribution is -2.19. The first-order chi connectivity index (χ1) is 7.73. The summed E-state index contributed by atoms with van der Waals surface area (Å²) >= 11 is 5.01. The van der Waals surface area contributed by atoms with Crippen molar-refractivity contribution in [2.24, 2.45) is 5.73 Å². The van der Waals surface area contributed by atoms with Gasteiger partial charge in [0.25, 0.3) is 0 Å². The van der Waals surface area contributed by atoms with Crippen molar-refractivity contribution in [1.82, 2.24) is 10.1 Å². The highest BCUT2D eigenvalue weighted by atomic mass is 79.9. The molecular formula is C10H10BrN3OS. The van der Waals surface area contributed by atoms with Crippen LogP contribution in [0.25, 0.3) is 10.7 Å². The second-order valence-electron chi connectivity index (χ2n) is 4.01. The minimum atomic E-state index is -0.0280. The zero-order valence-corrected chi connectivity index (χ0v) is 10.8. The monoisotopic (exact) mass is 299 g/mol. The number of thiophene rings is 1. The van der Waals surface area contributed by atoms with Crippen molar-refractivity contribution in [1.29, 1.82) is 0 Å². The van der Waals surface area contributed by atoms with Crippen LogP contribution >= 0.6 is 27.3 Å². The SMILES string of the molecule is NCC1(c2nc(-c3ccc(Br)s3)no2)CC1.